The molecule has 3 fully saturated rings. The van der Waals surface area contributed by atoms with Crippen molar-refractivity contribution < 1.29 is 4.79 Å². The SMILES string of the molecule is Cl.O=C(NCC1CCCN(CC2CCCCCC2)C1)C1CCCN1. The van der Waals surface area contributed by atoms with Gasteiger partial charge in [-0.2, -0.15) is 0 Å². The molecule has 2 unspecified atom stereocenters. The van der Waals surface area contributed by atoms with Crippen LogP contribution in [0.1, 0.15) is 64.2 Å². The van der Waals surface area contributed by atoms with E-state index in [9.17, 15) is 4.79 Å². The third-order valence-electron chi connectivity index (χ3n) is 6.04. The van der Waals surface area contributed by atoms with Crippen LogP contribution in [0.2, 0.25) is 0 Å². The molecule has 1 amide bonds. The largest absolute Gasteiger partial charge is 0.354 e. The van der Waals surface area contributed by atoms with E-state index in [0.29, 0.717) is 5.92 Å². The Balaban J connectivity index is 0.00000208. The van der Waals surface area contributed by atoms with Crippen LogP contribution in [0.3, 0.4) is 0 Å². The quantitative estimate of drug-likeness (QED) is 0.743. The molecular weight excluding hydrogens is 322 g/mol. The van der Waals surface area contributed by atoms with Crippen molar-refractivity contribution in [3.63, 3.8) is 0 Å². The lowest BCUT2D eigenvalue weighted by atomic mass is 9.94. The second kappa shape index (κ2) is 10.6. The summed E-state index contributed by atoms with van der Waals surface area (Å²) in [5.74, 6) is 1.80. The highest BCUT2D eigenvalue weighted by molar-refractivity contribution is 5.85. The molecular formula is C19H36ClN3O. The van der Waals surface area contributed by atoms with Crippen molar-refractivity contribution >= 4 is 18.3 Å². The third-order valence-corrected chi connectivity index (χ3v) is 6.04. The minimum Gasteiger partial charge on any atom is -0.354 e. The zero-order chi connectivity index (χ0) is 15.9. The van der Waals surface area contributed by atoms with Crippen LogP contribution < -0.4 is 10.6 Å². The molecule has 140 valence electrons. The van der Waals surface area contributed by atoms with Gasteiger partial charge in [-0.15, -0.1) is 12.4 Å². The summed E-state index contributed by atoms with van der Waals surface area (Å²) in [7, 11) is 0. The number of halogens is 1. The standard InChI is InChI=1S/C19H35N3O.ClH/c23-19(18-10-5-11-20-18)21-13-17-9-6-12-22(15-17)14-16-7-3-1-2-4-8-16;/h16-18,20H,1-15H2,(H,21,23);1H. The fourth-order valence-electron chi connectivity index (χ4n) is 4.67. The first-order valence-electron chi connectivity index (χ1n) is 10.0. The van der Waals surface area contributed by atoms with Crippen molar-refractivity contribution in [2.75, 3.05) is 32.7 Å². The molecule has 0 aromatic rings. The van der Waals surface area contributed by atoms with Gasteiger partial charge in [-0.3, -0.25) is 4.79 Å². The van der Waals surface area contributed by atoms with Gasteiger partial charge in [0.15, 0.2) is 0 Å². The summed E-state index contributed by atoms with van der Waals surface area (Å²) in [5, 5.41) is 6.49. The monoisotopic (exact) mass is 357 g/mol. The van der Waals surface area contributed by atoms with Gasteiger partial charge in [0.1, 0.15) is 0 Å². The molecule has 1 aliphatic carbocycles. The molecule has 3 aliphatic rings. The number of nitrogens with one attached hydrogen (secondary N) is 2. The van der Waals surface area contributed by atoms with Crippen molar-refractivity contribution in [2.24, 2.45) is 11.8 Å². The summed E-state index contributed by atoms with van der Waals surface area (Å²) in [5.41, 5.74) is 0. The average molecular weight is 358 g/mol. The zero-order valence-electron chi connectivity index (χ0n) is 15.1. The molecule has 0 radical (unpaired) electrons. The highest BCUT2D eigenvalue weighted by atomic mass is 35.5. The Morgan fingerprint density at radius 1 is 0.958 bits per heavy atom. The molecule has 2 heterocycles. The minimum atomic E-state index is 0. The van der Waals surface area contributed by atoms with Gasteiger partial charge in [-0.1, -0.05) is 25.7 Å². The number of piperidine rings is 1. The molecule has 2 N–H and O–H groups in total. The lowest BCUT2D eigenvalue weighted by Crippen LogP contribution is -2.46. The lowest BCUT2D eigenvalue weighted by molar-refractivity contribution is -0.123. The van der Waals surface area contributed by atoms with E-state index in [-0.39, 0.29) is 24.4 Å². The van der Waals surface area contributed by atoms with Gasteiger partial charge in [0.2, 0.25) is 5.91 Å². The first-order valence-corrected chi connectivity index (χ1v) is 10.0. The fourth-order valence-corrected chi connectivity index (χ4v) is 4.67. The van der Waals surface area contributed by atoms with E-state index in [1.807, 2.05) is 0 Å². The topological polar surface area (TPSA) is 44.4 Å². The van der Waals surface area contributed by atoms with Crippen molar-refractivity contribution in [1.29, 1.82) is 0 Å². The van der Waals surface area contributed by atoms with Crippen LogP contribution in [0.25, 0.3) is 0 Å². The van der Waals surface area contributed by atoms with Crippen LogP contribution in [0.5, 0.6) is 0 Å². The van der Waals surface area contributed by atoms with E-state index < -0.39 is 0 Å². The first-order chi connectivity index (χ1) is 11.3. The summed E-state index contributed by atoms with van der Waals surface area (Å²) < 4.78 is 0. The Kier molecular flexibility index (Phi) is 8.85. The average Bonchev–Trinajstić information content (AvgIpc) is 2.99. The maximum absolute atomic E-state index is 12.1. The predicted octanol–water partition coefficient (Wildman–Crippen LogP) is 2.96. The summed E-state index contributed by atoms with van der Waals surface area (Å²) in [6, 6.07) is 0.0701. The molecule has 24 heavy (non-hydrogen) atoms. The number of rotatable bonds is 5. The van der Waals surface area contributed by atoms with E-state index in [2.05, 4.69) is 15.5 Å². The highest BCUT2D eigenvalue weighted by Gasteiger charge is 2.25. The van der Waals surface area contributed by atoms with Gasteiger partial charge in [-0.25, -0.2) is 0 Å². The van der Waals surface area contributed by atoms with Gasteiger partial charge in [0, 0.05) is 19.6 Å². The van der Waals surface area contributed by atoms with Gasteiger partial charge in [-0.05, 0) is 63.5 Å². The molecule has 0 aromatic heterocycles. The molecule has 0 aromatic carbocycles. The molecule has 2 aliphatic heterocycles. The van der Waals surface area contributed by atoms with Crippen LogP contribution in [0.15, 0.2) is 0 Å². The Morgan fingerprint density at radius 3 is 2.42 bits per heavy atom. The summed E-state index contributed by atoms with van der Waals surface area (Å²) in [4.78, 5) is 14.8. The van der Waals surface area contributed by atoms with E-state index in [4.69, 9.17) is 0 Å². The number of carbonyl (C=O) groups excluding carboxylic acids is 1. The van der Waals surface area contributed by atoms with Crippen molar-refractivity contribution in [1.82, 2.24) is 15.5 Å². The van der Waals surface area contributed by atoms with E-state index >= 15 is 0 Å². The number of amides is 1. The lowest BCUT2D eigenvalue weighted by Gasteiger charge is -2.35. The van der Waals surface area contributed by atoms with Gasteiger partial charge >= 0.3 is 0 Å². The molecule has 2 atom stereocenters. The molecule has 1 saturated carbocycles. The molecule has 0 spiro atoms. The van der Waals surface area contributed by atoms with E-state index in [1.54, 1.807) is 0 Å². The van der Waals surface area contributed by atoms with Crippen LogP contribution in [0, 0.1) is 11.8 Å². The number of carbonyl (C=O) groups is 1. The first kappa shape index (κ1) is 20.0. The van der Waals surface area contributed by atoms with Crippen molar-refractivity contribution in [3.8, 4) is 0 Å². The number of hydrogen-bond donors (Lipinski definition) is 2. The fraction of sp³-hybridized carbons (Fsp3) is 0.947. The van der Waals surface area contributed by atoms with E-state index in [1.165, 1.54) is 71.0 Å². The second-order valence-corrected chi connectivity index (χ2v) is 8.02. The van der Waals surface area contributed by atoms with Crippen molar-refractivity contribution in [3.05, 3.63) is 0 Å². The molecule has 0 bridgehead atoms. The normalized spacial score (nSPS) is 29.7. The number of nitrogens with zero attached hydrogens (tertiary/aromatic N) is 1. The van der Waals surface area contributed by atoms with Crippen LogP contribution in [0.4, 0.5) is 0 Å². The summed E-state index contributed by atoms with van der Waals surface area (Å²) in [6.07, 6.45) is 13.4. The summed E-state index contributed by atoms with van der Waals surface area (Å²) >= 11 is 0. The Morgan fingerprint density at radius 2 is 1.71 bits per heavy atom. The van der Waals surface area contributed by atoms with Gasteiger partial charge < -0.3 is 15.5 Å². The van der Waals surface area contributed by atoms with Gasteiger partial charge in [0.25, 0.3) is 0 Å². The van der Waals surface area contributed by atoms with Crippen LogP contribution in [-0.2, 0) is 4.79 Å². The Hall–Kier alpha value is -0.320. The minimum absolute atomic E-state index is 0. The Labute approximate surface area is 153 Å². The number of hydrogen-bond acceptors (Lipinski definition) is 3. The smallest absolute Gasteiger partial charge is 0.237 e. The van der Waals surface area contributed by atoms with Crippen LogP contribution in [-0.4, -0.2) is 49.6 Å². The summed E-state index contributed by atoms with van der Waals surface area (Å²) in [6.45, 7) is 5.63. The maximum Gasteiger partial charge on any atom is 0.237 e. The maximum atomic E-state index is 12.1. The molecule has 4 nitrogen and oxygen atoms in total. The van der Waals surface area contributed by atoms with Gasteiger partial charge in [0.05, 0.1) is 6.04 Å². The second-order valence-electron chi connectivity index (χ2n) is 8.02. The molecule has 5 heteroatoms. The highest BCUT2D eigenvalue weighted by Crippen LogP contribution is 2.25. The van der Waals surface area contributed by atoms with Crippen LogP contribution >= 0.6 is 12.4 Å². The Bertz CT molecular complexity index is 366. The number of likely N-dealkylation sites (tertiary alicyclic amines) is 1. The van der Waals surface area contributed by atoms with Crippen molar-refractivity contribution in [2.45, 2.75) is 70.3 Å². The van der Waals surface area contributed by atoms with E-state index in [0.717, 1.165) is 31.8 Å². The third kappa shape index (κ3) is 6.20. The zero-order valence-corrected chi connectivity index (χ0v) is 15.9. The molecule has 3 rings (SSSR count). The molecule has 2 saturated heterocycles. The predicted molar refractivity (Wildman–Crippen MR) is 102 cm³/mol.